The second-order valence-electron chi connectivity index (χ2n) is 7.17. The van der Waals surface area contributed by atoms with Gasteiger partial charge in [-0.1, -0.05) is 12.1 Å². The molecule has 158 valence electrons. The summed E-state index contributed by atoms with van der Waals surface area (Å²) in [6.07, 6.45) is 0. The molecule has 1 heterocycles. The maximum Gasteiger partial charge on any atom is 0.254 e. The number of nitrogens with zero attached hydrogens (tertiary/aromatic N) is 2. The molecule has 2 aromatic rings. The van der Waals surface area contributed by atoms with Crippen molar-refractivity contribution in [3.63, 3.8) is 0 Å². The Balaban J connectivity index is 1.57. The Hall–Kier alpha value is -3.39. The second-order valence-corrected chi connectivity index (χ2v) is 7.17. The van der Waals surface area contributed by atoms with Gasteiger partial charge in [0.1, 0.15) is 0 Å². The number of carbonyl (C=O) groups is 3. The largest absolute Gasteiger partial charge is 0.378 e. The summed E-state index contributed by atoms with van der Waals surface area (Å²) in [7, 11) is 3.35. The maximum atomic E-state index is 12.6. The zero-order valence-electron chi connectivity index (χ0n) is 17.2. The lowest BCUT2D eigenvalue weighted by atomic mass is 10.1. The highest BCUT2D eigenvalue weighted by molar-refractivity contribution is 5.98. The molecule has 8 nitrogen and oxygen atoms in total. The zero-order valence-corrected chi connectivity index (χ0v) is 17.2. The van der Waals surface area contributed by atoms with Crippen molar-refractivity contribution in [1.82, 2.24) is 9.80 Å². The number of hydrogen-bond acceptors (Lipinski definition) is 5. The van der Waals surface area contributed by atoms with Crippen molar-refractivity contribution in [2.24, 2.45) is 0 Å². The fourth-order valence-electron chi connectivity index (χ4n) is 3.09. The van der Waals surface area contributed by atoms with E-state index in [1.54, 1.807) is 67.5 Å². The Morgan fingerprint density at radius 3 is 2.30 bits per heavy atom. The Morgan fingerprint density at radius 2 is 1.60 bits per heavy atom. The van der Waals surface area contributed by atoms with Crippen LogP contribution in [0.15, 0.2) is 48.5 Å². The first kappa shape index (κ1) is 21.3. The summed E-state index contributed by atoms with van der Waals surface area (Å²) in [6, 6.07) is 13.9. The Labute approximate surface area is 175 Å². The van der Waals surface area contributed by atoms with E-state index in [4.69, 9.17) is 4.74 Å². The molecule has 1 aliphatic rings. The number of ether oxygens (including phenoxy) is 1. The predicted molar refractivity (Wildman–Crippen MR) is 115 cm³/mol. The van der Waals surface area contributed by atoms with E-state index in [2.05, 4.69) is 10.6 Å². The van der Waals surface area contributed by atoms with Gasteiger partial charge in [-0.2, -0.15) is 0 Å². The molecule has 0 radical (unpaired) electrons. The van der Waals surface area contributed by atoms with E-state index in [1.807, 2.05) is 0 Å². The van der Waals surface area contributed by atoms with Crippen LogP contribution in [-0.4, -0.2) is 74.5 Å². The third-order valence-corrected chi connectivity index (χ3v) is 4.66. The normalized spacial score (nSPS) is 13.5. The summed E-state index contributed by atoms with van der Waals surface area (Å²) >= 11 is 0. The molecule has 3 amide bonds. The molecular weight excluding hydrogens is 384 g/mol. The molecule has 0 bridgehead atoms. The number of nitrogens with one attached hydrogen (secondary N) is 2. The third-order valence-electron chi connectivity index (χ3n) is 4.66. The predicted octanol–water partition coefficient (Wildman–Crippen LogP) is 1.91. The van der Waals surface area contributed by atoms with Crippen LogP contribution in [-0.2, 0) is 9.53 Å². The lowest BCUT2D eigenvalue weighted by Gasteiger charge is -2.27. The SMILES string of the molecule is CN(C)C(=O)c1cccc(NC(=O)CNc2cccc(C(=O)N3CCOCC3)c2)c1. The van der Waals surface area contributed by atoms with E-state index in [0.717, 1.165) is 0 Å². The minimum absolute atomic E-state index is 0.0288. The van der Waals surface area contributed by atoms with Gasteiger partial charge in [-0.15, -0.1) is 0 Å². The van der Waals surface area contributed by atoms with Crippen molar-refractivity contribution in [3.8, 4) is 0 Å². The standard InChI is InChI=1S/C22H26N4O4/c1-25(2)21(28)16-5-4-8-19(14-16)24-20(27)15-23-18-7-3-6-17(13-18)22(29)26-9-11-30-12-10-26/h3-8,13-14,23H,9-12,15H2,1-2H3,(H,24,27). The van der Waals surface area contributed by atoms with E-state index >= 15 is 0 Å². The van der Waals surface area contributed by atoms with Crippen molar-refractivity contribution in [3.05, 3.63) is 59.7 Å². The van der Waals surface area contributed by atoms with E-state index in [-0.39, 0.29) is 24.3 Å². The monoisotopic (exact) mass is 410 g/mol. The molecule has 2 aromatic carbocycles. The van der Waals surface area contributed by atoms with Crippen LogP contribution >= 0.6 is 0 Å². The summed E-state index contributed by atoms with van der Waals surface area (Å²) < 4.78 is 5.28. The van der Waals surface area contributed by atoms with Gasteiger partial charge in [-0.05, 0) is 36.4 Å². The lowest BCUT2D eigenvalue weighted by molar-refractivity contribution is -0.114. The molecule has 1 fully saturated rings. The van der Waals surface area contributed by atoms with Crippen LogP contribution in [0.4, 0.5) is 11.4 Å². The highest BCUT2D eigenvalue weighted by atomic mass is 16.5. The van der Waals surface area contributed by atoms with Crippen LogP contribution in [0.5, 0.6) is 0 Å². The highest BCUT2D eigenvalue weighted by Gasteiger charge is 2.18. The van der Waals surface area contributed by atoms with Crippen molar-refractivity contribution >= 4 is 29.1 Å². The van der Waals surface area contributed by atoms with Gasteiger partial charge in [0.25, 0.3) is 11.8 Å². The molecular formula is C22H26N4O4. The number of benzene rings is 2. The Kier molecular flexibility index (Phi) is 7.03. The average molecular weight is 410 g/mol. The smallest absolute Gasteiger partial charge is 0.254 e. The van der Waals surface area contributed by atoms with Crippen molar-refractivity contribution in [2.75, 3.05) is 57.6 Å². The number of hydrogen-bond donors (Lipinski definition) is 2. The van der Waals surface area contributed by atoms with E-state index in [1.165, 1.54) is 4.90 Å². The van der Waals surface area contributed by atoms with Crippen molar-refractivity contribution < 1.29 is 19.1 Å². The summed E-state index contributed by atoms with van der Waals surface area (Å²) in [5, 5.41) is 5.81. The third kappa shape index (κ3) is 5.57. The van der Waals surface area contributed by atoms with Crippen LogP contribution in [0, 0.1) is 0 Å². The minimum atomic E-state index is -0.255. The summed E-state index contributed by atoms with van der Waals surface area (Å²) in [5.74, 6) is -0.436. The Bertz CT molecular complexity index is 923. The molecule has 8 heteroatoms. The summed E-state index contributed by atoms with van der Waals surface area (Å²) in [6.45, 7) is 2.28. The van der Waals surface area contributed by atoms with Crippen molar-refractivity contribution in [2.45, 2.75) is 0 Å². The van der Waals surface area contributed by atoms with Gasteiger partial charge in [0.15, 0.2) is 0 Å². The Morgan fingerprint density at radius 1 is 0.967 bits per heavy atom. The number of carbonyl (C=O) groups excluding carboxylic acids is 3. The summed E-state index contributed by atoms with van der Waals surface area (Å²) in [4.78, 5) is 40.2. The number of anilines is 2. The van der Waals surface area contributed by atoms with Crippen LogP contribution in [0.25, 0.3) is 0 Å². The first-order chi connectivity index (χ1) is 14.4. The van der Waals surface area contributed by atoms with Crippen LogP contribution in [0.1, 0.15) is 20.7 Å². The van der Waals surface area contributed by atoms with Gasteiger partial charge in [0, 0.05) is 49.7 Å². The molecule has 0 unspecified atom stereocenters. The molecule has 0 saturated carbocycles. The molecule has 0 aliphatic carbocycles. The number of morpholine rings is 1. The van der Waals surface area contributed by atoms with Gasteiger partial charge in [-0.3, -0.25) is 14.4 Å². The first-order valence-corrected chi connectivity index (χ1v) is 9.76. The fraction of sp³-hybridized carbons (Fsp3) is 0.318. The molecule has 1 saturated heterocycles. The van der Waals surface area contributed by atoms with E-state index < -0.39 is 0 Å². The van der Waals surface area contributed by atoms with Gasteiger partial charge in [0.2, 0.25) is 5.91 Å². The van der Waals surface area contributed by atoms with Gasteiger partial charge in [-0.25, -0.2) is 0 Å². The number of rotatable bonds is 6. The van der Waals surface area contributed by atoms with Gasteiger partial charge >= 0.3 is 0 Å². The first-order valence-electron chi connectivity index (χ1n) is 9.76. The topological polar surface area (TPSA) is 91.0 Å². The lowest BCUT2D eigenvalue weighted by Crippen LogP contribution is -2.40. The molecule has 1 aliphatic heterocycles. The summed E-state index contributed by atoms with van der Waals surface area (Å²) in [5.41, 5.74) is 2.30. The van der Waals surface area contributed by atoms with Crippen LogP contribution in [0.3, 0.4) is 0 Å². The van der Waals surface area contributed by atoms with Crippen molar-refractivity contribution in [1.29, 1.82) is 0 Å². The van der Waals surface area contributed by atoms with Gasteiger partial charge < -0.3 is 25.2 Å². The van der Waals surface area contributed by atoms with Crippen LogP contribution < -0.4 is 10.6 Å². The fourth-order valence-corrected chi connectivity index (χ4v) is 3.09. The molecule has 3 rings (SSSR count). The number of amides is 3. The van der Waals surface area contributed by atoms with Gasteiger partial charge in [0.05, 0.1) is 19.8 Å². The minimum Gasteiger partial charge on any atom is -0.378 e. The average Bonchev–Trinajstić information content (AvgIpc) is 2.77. The van der Waals surface area contributed by atoms with Crippen LogP contribution in [0.2, 0.25) is 0 Å². The zero-order chi connectivity index (χ0) is 21.5. The van der Waals surface area contributed by atoms with E-state index in [9.17, 15) is 14.4 Å². The molecule has 0 atom stereocenters. The highest BCUT2D eigenvalue weighted by Crippen LogP contribution is 2.15. The molecule has 0 spiro atoms. The molecule has 30 heavy (non-hydrogen) atoms. The van der Waals surface area contributed by atoms with E-state index in [0.29, 0.717) is 48.8 Å². The second kappa shape index (κ2) is 9.89. The molecule has 2 N–H and O–H groups in total. The molecule has 0 aromatic heterocycles. The quantitative estimate of drug-likeness (QED) is 0.759. The maximum absolute atomic E-state index is 12.6.